The van der Waals surface area contributed by atoms with Gasteiger partial charge in [0.05, 0.1) is 5.56 Å². The summed E-state index contributed by atoms with van der Waals surface area (Å²) in [4.78, 5) is 31.7. The van der Waals surface area contributed by atoms with E-state index in [0.717, 1.165) is 12.1 Å². The second-order valence-electron chi connectivity index (χ2n) is 7.42. The van der Waals surface area contributed by atoms with Crippen molar-refractivity contribution in [1.82, 2.24) is 9.97 Å². The van der Waals surface area contributed by atoms with Gasteiger partial charge in [0.1, 0.15) is 17.3 Å². The standard InChI is InChI=1S/C22H16F4N2O2/c23-16-10-14(6-7-15(16)22(24,25)26)21(8-9-21)12-18(29)17-11-19(30)28-20(27-17)13-4-2-1-3-5-13/h1-7,10-11H,8-9,12H2,(H,27,28,30). The van der Waals surface area contributed by atoms with E-state index in [9.17, 15) is 27.2 Å². The molecule has 4 rings (SSSR count). The molecule has 0 atom stereocenters. The summed E-state index contributed by atoms with van der Waals surface area (Å²) in [5.41, 5.74) is -1.62. The van der Waals surface area contributed by atoms with Crippen LogP contribution in [0.5, 0.6) is 0 Å². The highest BCUT2D eigenvalue weighted by atomic mass is 19.4. The molecule has 0 radical (unpaired) electrons. The molecule has 0 spiro atoms. The van der Waals surface area contributed by atoms with Crippen LogP contribution in [0.4, 0.5) is 17.6 Å². The van der Waals surface area contributed by atoms with Crippen LogP contribution >= 0.6 is 0 Å². The maximum absolute atomic E-state index is 14.0. The highest BCUT2D eigenvalue weighted by Gasteiger charge is 2.47. The number of rotatable bonds is 5. The lowest BCUT2D eigenvalue weighted by Gasteiger charge is -2.17. The molecular weight excluding hydrogens is 400 g/mol. The number of Topliss-reactive ketones (excluding diaryl/α,β-unsaturated/α-hetero) is 1. The first kappa shape index (κ1) is 20.0. The quantitative estimate of drug-likeness (QED) is 0.475. The van der Waals surface area contributed by atoms with Gasteiger partial charge in [-0.2, -0.15) is 13.2 Å². The molecular formula is C22H16F4N2O2. The fourth-order valence-corrected chi connectivity index (χ4v) is 3.52. The van der Waals surface area contributed by atoms with Crippen molar-refractivity contribution in [3.8, 4) is 11.4 Å². The van der Waals surface area contributed by atoms with Gasteiger partial charge < -0.3 is 4.98 Å². The van der Waals surface area contributed by atoms with E-state index < -0.39 is 34.3 Å². The molecule has 1 aliphatic rings. The lowest BCUT2D eigenvalue weighted by atomic mass is 9.89. The van der Waals surface area contributed by atoms with Gasteiger partial charge in [-0.3, -0.25) is 9.59 Å². The van der Waals surface area contributed by atoms with Crippen molar-refractivity contribution < 1.29 is 22.4 Å². The first-order chi connectivity index (χ1) is 14.2. The molecule has 30 heavy (non-hydrogen) atoms. The minimum atomic E-state index is -4.78. The van der Waals surface area contributed by atoms with Crippen molar-refractivity contribution in [1.29, 1.82) is 0 Å². The van der Waals surface area contributed by atoms with Crippen molar-refractivity contribution in [2.24, 2.45) is 0 Å². The molecule has 1 heterocycles. The molecule has 0 unspecified atom stereocenters. The van der Waals surface area contributed by atoms with E-state index in [1.54, 1.807) is 30.3 Å². The number of benzene rings is 2. The number of aromatic amines is 1. The fourth-order valence-electron chi connectivity index (χ4n) is 3.52. The summed E-state index contributed by atoms with van der Waals surface area (Å²) in [5.74, 6) is -1.53. The Kier molecular flexibility index (Phi) is 4.80. The topological polar surface area (TPSA) is 62.8 Å². The first-order valence-electron chi connectivity index (χ1n) is 9.25. The molecule has 2 aromatic carbocycles. The Balaban J connectivity index is 1.61. The third kappa shape index (κ3) is 3.90. The maximum atomic E-state index is 14.0. The van der Waals surface area contributed by atoms with Crippen LogP contribution in [-0.2, 0) is 11.6 Å². The minimum absolute atomic E-state index is 0.0312. The Hall–Kier alpha value is -3.29. The van der Waals surface area contributed by atoms with E-state index in [1.807, 2.05) is 0 Å². The van der Waals surface area contributed by atoms with E-state index in [-0.39, 0.29) is 17.9 Å². The minimum Gasteiger partial charge on any atom is -0.306 e. The van der Waals surface area contributed by atoms with Gasteiger partial charge in [0, 0.05) is 23.5 Å². The molecule has 154 valence electrons. The average Bonchev–Trinajstić information content (AvgIpc) is 3.48. The third-order valence-electron chi connectivity index (χ3n) is 5.31. The summed E-state index contributed by atoms with van der Waals surface area (Å²) in [6.07, 6.45) is -3.77. The molecule has 1 N–H and O–H groups in total. The Labute approximate surface area is 168 Å². The number of nitrogens with one attached hydrogen (secondary N) is 1. The molecule has 1 aromatic heterocycles. The van der Waals surface area contributed by atoms with Crippen LogP contribution in [0, 0.1) is 5.82 Å². The predicted molar refractivity (Wildman–Crippen MR) is 102 cm³/mol. The second-order valence-corrected chi connectivity index (χ2v) is 7.42. The second kappa shape index (κ2) is 7.19. The smallest absolute Gasteiger partial charge is 0.306 e. The van der Waals surface area contributed by atoms with Crippen LogP contribution < -0.4 is 5.56 Å². The monoisotopic (exact) mass is 416 g/mol. The summed E-state index contributed by atoms with van der Waals surface area (Å²) in [7, 11) is 0. The molecule has 3 aromatic rings. The summed E-state index contributed by atoms with van der Waals surface area (Å²) in [6.45, 7) is 0. The number of hydrogen-bond acceptors (Lipinski definition) is 3. The number of hydrogen-bond donors (Lipinski definition) is 1. The zero-order valence-electron chi connectivity index (χ0n) is 15.6. The van der Waals surface area contributed by atoms with Crippen molar-refractivity contribution in [2.45, 2.75) is 30.9 Å². The Bertz CT molecular complexity index is 1170. The number of carbonyl (C=O) groups is 1. The normalized spacial score (nSPS) is 15.1. The van der Waals surface area contributed by atoms with E-state index in [1.165, 1.54) is 6.07 Å². The summed E-state index contributed by atoms with van der Waals surface area (Å²) >= 11 is 0. The molecule has 0 aliphatic heterocycles. The molecule has 4 nitrogen and oxygen atoms in total. The van der Waals surface area contributed by atoms with Crippen LogP contribution in [0.25, 0.3) is 11.4 Å². The average molecular weight is 416 g/mol. The number of ketones is 1. The van der Waals surface area contributed by atoms with Gasteiger partial charge in [-0.1, -0.05) is 36.4 Å². The van der Waals surface area contributed by atoms with E-state index in [2.05, 4.69) is 9.97 Å². The number of halogens is 4. The molecule has 8 heteroatoms. The fraction of sp³-hybridized carbons (Fsp3) is 0.227. The van der Waals surface area contributed by atoms with Crippen LogP contribution in [0.15, 0.2) is 59.4 Å². The van der Waals surface area contributed by atoms with Crippen molar-refractivity contribution in [2.75, 3.05) is 0 Å². The van der Waals surface area contributed by atoms with Crippen molar-refractivity contribution in [3.63, 3.8) is 0 Å². The highest BCUT2D eigenvalue weighted by Crippen LogP contribution is 2.52. The van der Waals surface area contributed by atoms with E-state index in [4.69, 9.17) is 0 Å². The van der Waals surface area contributed by atoms with Crippen molar-refractivity contribution >= 4 is 5.78 Å². The summed E-state index contributed by atoms with van der Waals surface area (Å²) in [5, 5.41) is 0. The van der Waals surface area contributed by atoms with Crippen LogP contribution in [-0.4, -0.2) is 15.8 Å². The third-order valence-corrected chi connectivity index (χ3v) is 5.31. The SMILES string of the molecule is O=C(CC1(c2ccc(C(F)(F)F)c(F)c2)CC1)c1cc(=O)[nH]c(-c2ccccc2)n1. The largest absolute Gasteiger partial charge is 0.419 e. The number of alkyl halides is 3. The maximum Gasteiger partial charge on any atom is 0.419 e. The first-order valence-corrected chi connectivity index (χ1v) is 9.25. The van der Waals surface area contributed by atoms with E-state index in [0.29, 0.717) is 30.0 Å². The van der Waals surface area contributed by atoms with Gasteiger partial charge in [0.2, 0.25) is 0 Å². The lowest BCUT2D eigenvalue weighted by Crippen LogP contribution is -2.19. The lowest BCUT2D eigenvalue weighted by molar-refractivity contribution is -0.140. The predicted octanol–water partition coefficient (Wildman–Crippen LogP) is 4.90. The van der Waals surface area contributed by atoms with Crippen molar-refractivity contribution in [3.05, 3.63) is 87.6 Å². The molecule has 0 bridgehead atoms. The zero-order valence-corrected chi connectivity index (χ0v) is 15.6. The highest BCUT2D eigenvalue weighted by molar-refractivity contribution is 5.95. The van der Waals surface area contributed by atoms with Crippen LogP contribution in [0.2, 0.25) is 0 Å². The zero-order chi connectivity index (χ0) is 21.5. The molecule has 0 amide bonds. The number of carbonyl (C=O) groups excluding carboxylic acids is 1. The molecule has 0 saturated heterocycles. The van der Waals surface area contributed by atoms with Gasteiger partial charge in [0.15, 0.2) is 5.78 Å². The van der Waals surface area contributed by atoms with E-state index >= 15 is 0 Å². The van der Waals surface area contributed by atoms with Gasteiger partial charge in [-0.05, 0) is 30.5 Å². The number of nitrogens with zero attached hydrogens (tertiary/aromatic N) is 1. The molecule has 1 saturated carbocycles. The van der Waals surface area contributed by atoms with Gasteiger partial charge >= 0.3 is 6.18 Å². The van der Waals surface area contributed by atoms with Gasteiger partial charge in [-0.15, -0.1) is 0 Å². The van der Waals surface area contributed by atoms with Gasteiger partial charge in [-0.25, -0.2) is 9.37 Å². The Morgan fingerprint density at radius 2 is 1.77 bits per heavy atom. The van der Waals surface area contributed by atoms with Gasteiger partial charge in [0.25, 0.3) is 5.56 Å². The molecule has 1 aliphatic carbocycles. The summed E-state index contributed by atoms with van der Waals surface area (Å²) in [6, 6.07) is 12.7. The molecule has 1 fully saturated rings. The summed E-state index contributed by atoms with van der Waals surface area (Å²) < 4.78 is 52.4. The Morgan fingerprint density at radius 1 is 1.07 bits per heavy atom. The number of aromatic nitrogens is 2. The van der Waals surface area contributed by atoms with Crippen LogP contribution in [0.3, 0.4) is 0 Å². The van der Waals surface area contributed by atoms with Crippen LogP contribution in [0.1, 0.15) is 40.9 Å². The Morgan fingerprint density at radius 3 is 2.37 bits per heavy atom. The number of H-pyrrole nitrogens is 1.